The zero-order valence-electron chi connectivity index (χ0n) is 28.6. The molecule has 0 aromatic rings. The van der Waals surface area contributed by atoms with Crippen LogP contribution in [0.15, 0.2) is 12.2 Å². The number of carbonyl (C=O) groups excluding carboxylic acids is 1. The largest absolute Gasteiger partial charge is 0.529 e. The molecule has 0 saturated heterocycles. The average Bonchev–Trinajstić information content (AvgIpc) is 2.98. The minimum atomic E-state index is -4.44. The number of hydrogen-bond acceptors (Lipinski definition) is 5. The lowest BCUT2D eigenvalue weighted by Gasteiger charge is -2.19. The molecule has 0 radical (unpaired) electrons. The van der Waals surface area contributed by atoms with Crippen molar-refractivity contribution in [2.24, 2.45) is 5.73 Å². The van der Waals surface area contributed by atoms with Crippen molar-refractivity contribution in [3.05, 3.63) is 12.2 Å². The van der Waals surface area contributed by atoms with Gasteiger partial charge in [-0.3, -0.25) is 14.2 Å². The molecule has 0 aromatic carbocycles. The molecular formula is C36H72NO5P. The molecule has 7 heteroatoms. The van der Waals surface area contributed by atoms with E-state index in [-0.39, 0.29) is 13.0 Å². The highest BCUT2D eigenvalue weighted by molar-refractivity contribution is 7.48. The fourth-order valence-electron chi connectivity index (χ4n) is 5.50. The van der Waals surface area contributed by atoms with E-state index < -0.39 is 19.9 Å². The predicted octanol–water partition coefficient (Wildman–Crippen LogP) is 11.9. The first-order chi connectivity index (χ1) is 20.9. The van der Waals surface area contributed by atoms with Crippen molar-refractivity contribution < 1.29 is 23.3 Å². The Labute approximate surface area is 267 Å². The van der Waals surface area contributed by atoms with Crippen LogP contribution >= 0.6 is 7.82 Å². The molecule has 3 N–H and O–H groups in total. The smallest absolute Gasteiger partial charge is 0.371 e. The van der Waals surface area contributed by atoms with E-state index in [0.717, 1.165) is 51.4 Å². The minimum Gasteiger partial charge on any atom is -0.371 e. The Morgan fingerprint density at radius 2 is 1.00 bits per heavy atom. The van der Waals surface area contributed by atoms with Gasteiger partial charge in [0.05, 0.1) is 6.10 Å². The molecule has 0 rings (SSSR count). The van der Waals surface area contributed by atoms with Gasteiger partial charge in [0.15, 0.2) is 0 Å². The number of unbranched alkanes of at least 4 members (excludes halogenated alkanes) is 24. The van der Waals surface area contributed by atoms with Gasteiger partial charge < -0.3 is 10.3 Å². The maximum atomic E-state index is 12.3. The van der Waals surface area contributed by atoms with Gasteiger partial charge in [0.1, 0.15) is 0 Å². The zero-order chi connectivity index (χ0) is 31.7. The Bertz CT molecular complexity index is 672. The lowest BCUT2D eigenvalue weighted by atomic mass is 10.0. The maximum absolute atomic E-state index is 12.3. The molecule has 0 spiro atoms. The van der Waals surface area contributed by atoms with Gasteiger partial charge in [0.25, 0.3) is 0 Å². The van der Waals surface area contributed by atoms with Gasteiger partial charge in [-0.25, -0.2) is 4.57 Å². The monoisotopic (exact) mass is 630 g/mol. The van der Waals surface area contributed by atoms with Crippen LogP contribution in [0.5, 0.6) is 0 Å². The van der Waals surface area contributed by atoms with Gasteiger partial charge in [0.2, 0.25) is 0 Å². The number of rotatable bonds is 34. The van der Waals surface area contributed by atoms with Gasteiger partial charge in [0, 0.05) is 13.0 Å². The summed E-state index contributed by atoms with van der Waals surface area (Å²) in [5.74, 6) is -0.671. The van der Waals surface area contributed by atoms with Crippen LogP contribution < -0.4 is 5.73 Å². The molecule has 0 aliphatic rings. The summed E-state index contributed by atoms with van der Waals surface area (Å²) in [4.78, 5) is 22.1. The van der Waals surface area contributed by atoms with Gasteiger partial charge in [-0.15, -0.1) is 0 Å². The Balaban J connectivity index is 3.69. The quantitative estimate of drug-likeness (QED) is 0.0417. The molecule has 0 amide bonds. The van der Waals surface area contributed by atoms with Crippen molar-refractivity contribution in [1.29, 1.82) is 0 Å². The summed E-state index contributed by atoms with van der Waals surface area (Å²) in [6, 6.07) is 0. The first-order valence-electron chi connectivity index (χ1n) is 18.5. The molecule has 256 valence electrons. The molecule has 43 heavy (non-hydrogen) atoms. The third-order valence-electron chi connectivity index (χ3n) is 8.28. The third-order valence-corrected chi connectivity index (χ3v) is 9.28. The van der Waals surface area contributed by atoms with E-state index in [2.05, 4.69) is 26.0 Å². The van der Waals surface area contributed by atoms with Crippen LogP contribution in [-0.4, -0.2) is 23.5 Å². The van der Waals surface area contributed by atoms with Crippen LogP contribution in [0.2, 0.25) is 0 Å². The van der Waals surface area contributed by atoms with Crippen molar-refractivity contribution >= 4 is 13.8 Å². The molecule has 0 fully saturated rings. The summed E-state index contributed by atoms with van der Waals surface area (Å²) in [6.07, 6.45) is 38.0. The molecule has 0 aliphatic carbocycles. The molecule has 0 heterocycles. The number of carbonyl (C=O) groups is 1. The van der Waals surface area contributed by atoms with E-state index in [4.69, 9.17) is 14.8 Å². The standard InChI is InChI=1S/C36H72NO5P/c1-3-5-7-9-11-13-15-17-19-21-23-25-27-29-31-33-36(38)42-43(39,40)41-35(34-37)32-30-28-26-24-22-20-18-16-14-12-10-8-6-4-2/h17,19,35H,3-16,18,20-34,37H2,1-2H3,(H,39,40). The molecule has 0 aliphatic heterocycles. The van der Waals surface area contributed by atoms with Crippen LogP contribution in [0.4, 0.5) is 0 Å². The molecule has 0 aromatic heterocycles. The van der Waals surface area contributed by atoms with Crippen LogP contribution in [0.1, 0.15) is 200 Å². The molecule has 6 nitrogen and oxygen atoms in total. The highest BCUT2D eigenvalue weighted by Gasteiger charge is 2.29. The molecule has 2 unspecified atom stereocenters. The topological polar surface area (TPSA) is 98.9 Å². The number of nitrogens with two attached hydrogens (primary N) is 1. The lowest BCUT2D eigenvalue weighted by molar-refractivity contribution is -0.136. The van der Waals surface area contributed by atoms with Crippen LogP contribution in [0.25, 0.3) is 0 Å². The molecule has 0 saturated carbocycles. The van der Waals surface area contributed by atoms with Gasteiger partial charge in [-0.1, -0.05) is 167 Å². The van der Waals surface area contributed by atoms with Gasteiger partial charge >= 0.3 is 13.8 Å². The second-order valence-corrected chi connectivity index (χ2v) is 13.9. The summed E-state index contributed by atoms with van der Waals surface area (Å²) in [5, 5.41) is 0. The first-order valence-corrected chi connectivity index (χ1v) is 20.0. The van der Waals surface area contributed by atoms with Crippen LogP contribution in [0, 0.1) is 0 Å². The van der Waals surface area contributed by atoms with E-state index in [1.54, 1.807) is 0 Å². The van der Waals surface area contributed by atoms with Gasteiger partial charge in [-0.05, 0) is 38.5 Å². The molecular weight excluding hydrogens is 557 g/mol. The Morgan fingerprint density at radius 3 is 1.42 bits per heavy atom. The number of hydrogen-bond donors (Lipinski definition) is 2. The number of phosphoric ester groups is 1. The van der Waals surface area contributed by atoms with Crippen LogP contribution in [-0.2, 0) is 18.4 Å². The summed E-state index contributed by atoms with van der Waals surface area (Å²) in [6.45, 7) is 4.65. The summed E-state index contributed by atoms with van der Waals surface area (Å²) in [7, 11) is -4.44. The van der Waals surface area contributed by atoms with Crippen molar-refractivity contribution in [2.75, 3.05) is 6.54 Å². The number of allylic oxidation sites excluding steroid dienone is 2. The van der Waals surface area contributed by atoms with Crippen molar-refractivity contribution in [1.82, 2.24) is 0 Å². The predicted molar refractivity (Wildman–Crippen MR) is 184 cm³/mol. The minimum absolute atomic E-state index is 0.134. The summed E-state index contributed by atoms with van der Waals surface area (Å²) >= 11 is 0. The van der Waals surface area contributed by atoms with E-state index in [9.17, 15) is 14.3 Å². The Morgan fingerprint density at radius 1 is 0.628 bits per heavy atom. The fourth-order valence-corrected chi connectivity index (χ4v) is 6.46. The Hall–Kier alpha value is -0.680. The second kappa shape index (κ2) is 32.7. The summed E-state index contributed by atoms with van der Waals surface area (Å²) in [5.41, 5.74) is 5.76. The van der Waals surface area contributed by atoms with E-state index in [0.29, 0.717) is 12.8 Å². The average molecular weight is 630 g/mol. The Kier molecular flexibility index (Phi) is 32.2. The third kappa shape index (κ3) is 32.5. The molecule has 0 bridgehead atoms. The lowest BCUT2D eigenvalue weighted by Crippen LogP contribution is -2.23. The summed E-state index contributed by atoms with van der Waals surface area (Å²) < 4.78 is 22.4. The zero-order valence-corrected chi connectivity index (χ0v) is 29.4. The molecule has 2 atom stereocenters. The highest BCUT2D eigenvalue weighted by Crippen LogP contribution is 2.45. The van der Waals surface area contributed by atoms with Gasteiger partial charge in [-0.2, -0.15) is 0 Å². The normalized spacial score (nSPS) is 13.9. The van der Waals surface area contributed by atoms with E-state index in [1.165, 1.54) is 116 Å². The first kappa shape index (κ1) is 42.3. The van der Waals surface area contributed by atoms with Crippen molar-refractivity contribution in [3.63, 3.8) is 0 Å². The van der Waals surface area contributed by atoms with Crippen molar-refractivity contribution in [2.45, 2.75) is 206 Å². The van der Waals surface area contributed by atoms with E-state index >= 15 is 0 Å². The van der Waals surface area contributed by atoms with E-state index in [1.807, 2.05) is 0 Å². The SMILES string of the molecule is CCCCCCCCC=CCCCCCCCC(=O)OP(=O)(O)OC(CN)CCCCCCCCCCCCCCCC. The second-order valence-electron chi connectivity index (χ2n) is 12.6. The van der Waals surface area contributed by atoms with Crippen LogP contribution in [0.3, 0.4) is 0 Å². The van der Waals surface area contributed by atoms with Crippen molar-refractivity contribution in [3.8, 4) is 0 Å². The highest BCUT2D eigenvalue weighted by atomic mass is 31.2. The number of phosphoric acid groups is 1. The maximum Gasteiger partial charge on any atom is 0.529 e. The fraction of sp³-hybridized carbons (Fsp3) is 0.917.